The van der Waals surface area contributed by atoms with Crippen LogP contribution in [-0.2, 0) is 17.8 Å². The molecular formula is C18H22N4O2. The smallest absolute Gasteiger partial charge is 0.323 e. The van der Waals surface area contributed by atoms with E-state index in [-0.39, 0.29) is 12.1 Å². The summed E-state index contributed by atoms with van der Waals surface area (Å²) in [5, 5.41) is 2.89. The zero-order valence-electron chi connectivity index (χ0n) is 14.0. The van der Waals surface area contributed by atoms with Crippen molar-refractivity contribution in [1.29, 1.82) is 0 Å². The van der Waals surface area contributed by atoms with Crippen molar-refractivity contribution in [2.24, 2.45) is 0 Å². The molecule has 24 heavy (non-hydrogen) atoms. The maximum absolute atomic E-state index is 12.7. The number of benzene rings is 1. The third-order valence-corrected chi connectivity index (χ3v) is 4.31. The topological polar surface area (TPSA) is 67.4 Å². The molecule has 126 valence electrons. The Morgan fingerprint density at radius 3 is 3.00 bits per heavy atom. The molecule has 1 aromatic heterocycles. The first kappa shape index (κ1) is 16.4. The highest BCUT2D eigenvalue weighted by molar-refractivity contribution is 5.88. The Hall–Kier alpha value is -2.47. The first-order chi connectivity index (χ1) is 11.7. The van der Waals surface area contributed by atoms with Crippen LogP contribution in [0.15, 0.2) is 36.7 Å². The lowest BCUT2D eigenvalue weighted by Gasteiger charge is -2.36. The largest absolute Gasteiger partial charge is 0.378 e. The van der Waals surface area contributed by atoms with Crippen molar-refractivity contribution in [2.75, 3.05) is 19.0 Å². The monoisotopic (exact) mass is 326 g/mol. The third-order valence-electron chi connectivity index (χ3n) is 4.31. The standard InChI is InChI=1S/C18H22N4O2/c1-3-16-15-7-5-4-6-13(15)8-9-22(16)18(23)21-17-10-14(11-24-2)19-12-20-17/h4-7,10,12,16H,3,8-9,11H2,1-2H3,(H,19,20,21,23)/t16-/m0/s1. The molecule has 1 aliphatic heterocycles. The van der Waals surface area contributed by atoms with Crippen LogP contribution < -0.4 is 5.32 Å². The highest BCUT2D eigenvalue weighted by Gasteiger charge is 2.29. The number of amides is 2. The lowest BCUT2D eigenvalue weighted by molar-refractivity contribution is 0.179. The summed E-state index contributed by atoms with van der Waals surface area (Å²) in [6.45, 7) is 3.20. The average Bonchev–Trinajstić information content (AvgIpc) is 2.61. The molecule has 3 rings (SSSR count). The van der Waals surface area contributed by atoms with Gasteiger partial charge in [0.2, 0.25) is 0 Å². The molecule has 0 saturated heterocycles. The number of carbonyl (C=O) groups is 1. The van der Waals surface area contributed by atoms with Crippen LogP contribution in [0.1, 0.15) is 36.2 Å². The molecular weight excluding hydrogens is 304 g/mol. The van der Waals surface area contributed by atoms with Crippen molar-refractivity contribution in [3.63, 3.8) is 0 Å². The fourth-order valence-corrected chi connectivity index (χ4v) is 3.21. The summed E-state index contributed by atoms with van der Waals surface area (Å²) in [6, 6.07) is 10.1. The Morgan fingerprint density at radius 2 is 2.21 bits per heavy atom. The Labute approximate surface area is 141 Å². The number of methoxy groups -OCH3 is 1. The Bertz CT molecular complexity index is 720. The molecule has 0 spiro atoms. The minimum absolute atomic E-state index is 0.0928. The molecule has 0 radical (unpaired) electrons. The molecule has 0 unspecified atom stereocenters. The minimum atomic E-state index is -0.126. The number of carbonyl (C=O) groups excluding carboxylic acids is 1. The molecule has 2 amide bonds. The van der Waals surface area contributed by atoms with Gasteiger partial charge in [0.15, 0.2) is 0 Å². The van der Waals surface area contributed by atoms with E-state index in [4.69, 9.17) is 4.74 Å². The van der Waals surface area contributed by atoms with Crippen molar-refractivity contribution < 1.29 is 9.53 Å². The molecule has 0 saturated carbocycles. The highest BCUT2D eigenvalue weighted by Crippen LogP contribution is 2.32. The van der Waals surface area contributed by atoms with Gasteiger partial charge in [0, 0.05) is 19.7 Å². The number of hydrogen-bond acceptors (Lipinski definition) is 4. The number of aromatic nitrogens is 2. The second kappa shape index (κ2) is 7.40. The molecule has 1 aromatic carbocycles. The van der Waals surface area contributed by atoms with Gasteiger partial charge in [0.1, 0.15) is 12.1 Å². The predicted molar refractivity (Wildman–Crippen MR) is 91.6 cm³/mol. The number of hydrogen-bond donors (Lipinski definition) is 1. The van der Waals surface area contributed by atoms with Gasteiger partial charge in [0.05, 0.1) is 18.3 Å². The third kappa shape index (κ3) is 3.38. The molecule has 6 heteroatoms. The van der Waals surface area contributed by atoms with Crippen LogP contribution >= 0.6 is 0 Å². The number of ether oxygens (including phenoxy) is 1. The lowest BCUT2D eigenvalue weighted by Crippen LogP contribution is -2.42. The van der Waals surface area contributed by atoms with Crippen LogP contribution in [0.4, 0.5) is 10.6 Å². The van der Waals surface area contributed by atoms with Gasteiger partial charge in [0.25, 0.3) is 0 Å². The Morgan fingerprint density at radius 1 is 1.38 bits per heavy atom. The van der Waals surface area contributed by atoms with E-state index in [1.54, 1.807) is 13.2 Å². The molecule has 1 atom stereocenters. The van der Waals surface area contributed by atoms with Crippen molar-refractivity contribution in [3.8, 4) is 0 Å². The number of rotatable bonds is 4. The summed E-state index contributed by atoms with van der Waals surface area (Å²) in [6.07, 6.45) is 3.19. The van der Waals surface area contributed by atoms with E-state index in [1.165, 1.54) is 17.5 Å². The summed E-state index contributed by atoms with van der Waals surface area (Å²) < 4.78 is 5.06. The van der Waals surface area contributed by atoms with Gasteiger partial charge in [-0.05, 0) is 24.0 Å². The van der Waals surface area contributed by atoms with E-state index in [1.807, 2.05) is 11.0 Å². The zero-order chi connectivity index (χ0) is 16.9. The van der Waals surface area contributed by atoms with E-state index in [0.717, 1.165) is 18.5 Å². The number of nitrogens with one attached hydrogen (secondary N) is 1. The van der Waals surface area contributed by atoms with Crippen molar-refractivity contribution in [1.82, 2.24) is 14.9 Å². The predicted octanol–water partition coefficient (Wildman–Crippen LogP) is 3.16. The molecule has 1 N–H and O–H groups in total. The molecule has 6 nitrogen and oxygen atoms in total. The second-order valence-corrected chi connectivity index (χ2v) is 5.82. The SMILES string of the molecule is CC[C@H]1c2ccccc2CCN1C(=O)Nc1cc(COC)ncn1. The van der Waals surface area contributed by atoms with Crippen LogP contribution in [0.5, 0.6) is 0 Å². The molecule has 0 bridgehead atoms. The van der Waals surface area contributed by atoms with E-state index >= 15 is 0 Å². The summed E-state index contributed by atoms with van der Waals surface area (Å²) in [5.41, 5.74) is 3.31. The van der Waals surface area contributed by atoms with Crippen LogP contribution in [0.3, 0.4) is 0 Å². The molecule has 1 aliphatic rings. The van der Waals surface area contributed by atoms with Crippen LogP contribution in [0.25, 0.3) is 0 Å². The van der Waals surface area contributed by atoms with Crippen LogP contribution in [0.2, 0.25) is 0 Å². The molecule has 2 heterocycles. The van der Waals surface area contributed by atoms with E-state index in [2.05, 4.69) is 40.4 Å². The Balaban J connectivity index is 1.76. The summed E-state index contributed by atoms with van der Waals surface area (Å²) in [4.78, 5) is 22.9. The van der Waals surface area contributed by atoms with Gasteiger partial charge in [-0.1, -0.05) is 31.2 Å². The Kier molecular flexibility index (Phi) is 5.05. The van der Waals surface area contributed by atoms with Crippen molar-refractivity contribution in [2.45, 2.75) is 32.4 Å². The summed E-state index contributed by atoms with van der Waals surface area (Å²) >= 11 is 0. The van der Waals surface area contributed by atoms with Gasteiger partial charge < -0.3 is 9.64 Å². The lowest BCUT2D eigenvalue weighted by atomic mass is 9.91. The first-order valence-electron chi connectivity index (χ1n) is 8.18. The van der Waals surface area contributed by atoms with Gasteiger partial charge in [-0.3, -0.25) is 5.32 Å². The van der Waals surface area contributed by atoms with Gasteiger partial charge in [-0.15, -0.1) is 0 Å². The first-order valence-corrected chi connectivity index (χ1v) is 8.18. The zero-order valence-corrected chi connectivity index (χ0v) is 14.0. The van der Waals surface area contributed by atoms with E-state index in [9.17, 15) is 4.79 Å². The quantitative estimate of drug-likeness (QED) is 0.937. The van der Waals surface area contributed by atoms with Gasteiger partial charge in [-0.2, -0.15) is 0 Å². The van der Waals surface area contributed by atoms with Gasteiger partial charge >= 0.3 is 6.03 Å². The van der Waals surface area contributed by atoms with Crippen LogP contribution in [0, 0.1) is 0 Å². The normalized spacial score (nSPS) is 16.6. The maximum atomic E-state index is 12.7. The van der Waals surface area contributed by atoms with E-state index < -0.39 is 0 Å². The van der Waals surface area contributed by atoms with Crippen molar-refractivity contribution in [3.05, 3.63) is 53.5 Å². The minimum Gasteiger partial charge on any atom is -0.378 e. The van der Waals surface area contributed by atoms with E-state index in [0.29, 0.717) is 19.0 Å². The highest BCUT2D eigenvalue weighted by atomic mass is 16.5. The van der Waals surface area contributed by atoms with Crippen LogP contribution in [-0.4, -0.2) is 34.6 Å². The van der Waals surface area contributed by atoms with Crippen molar-refractivity contribution >= 4 is 11.8 Å². The fourth-order valence-electron chi connectivity index (χ4n) is 3.21. The number of urea groups is 1. The summed E-state index contributed by atoms with van der Waals surface area (Å²) in [5.74, 6) is 0.496. The molecule has 0 fully saturated rings. The molecule has 0 aliphatic carbocycles. The maximum Gasteiger partial charge on any atom is 0.323 e. The van der Waals surface area contributed by atoms with Gasteiger partial charge in [-0.25, -0.2) is 14.8 Å². The second-order valence-electron chi connectivity index (χ2n) is 5.82. The number of nitrogens with zero attached hydrogens (tertiary/aromatic N) is 3. The average molecular weight is 326 g/mol. The number of fused-ring (bicyclic) bond motifs is 1. The summed E-state index contributed by atoms with van der Waals surface area (Å²) in [7, 11) is 1.61. The fraction of sp³-hybridized carbons (Fsp3) is 0.389. The molecule has 2 aromatic rings. The number of anilines is 1.